The molecule has 0 radical (unpaired) electrons. The summed E-state index contributed by atoms with van der Waals surface area (Å²) >= 11 is 0. The Labute approximate surface area is 134 Å². The van der Waals surface area contributed by atoms with Crippen LogP contribution in [0, 0.1) is 11.6 Å². The lowest BCUT2D eigenvalue weighted by atomic mass is 9.95. The van der Waals surface area contributed by atoms with Crippen LogP contribution in [0.3, 0.4) is 0 Å². The van der Waals surface area contributed by atoms with E-state index in [1.54, 1.807) is 24.3 Å². The van der Waals surface area contributed by atoms with Crippen molar-refractivity contribution in [1.29, 1.82) is 0 Å². The van der Waals surface area contributed by atoms with E-state index in [0.717, 1.165) is 24.2 Å². The molecule has 2 aromatic carbocycles. The molecule has 0 saturated carbocycles. The lowest BCUT2D eigenvalue weighted by Crippen LogP contribution is -2.53. The van der Waals surface area contributed by atoms with Gasteiger partial charge in [0, 0.05) is 25.7 Å². The van der Waals surface area contributed by atoms with Gasteiger partial charge in [-0.1, -0.05) is 24.3 Å². The van der Waals surface area contributed by atoms with Crippen LogP contribution in [0.25, 0.3) is 0 Å². The first-order chi connectivity index (χ1) is 11.2. The maximum atomic E-state index is 13.3. The highest BCUT2D eigenvalue weighted by atomic mass is 19.1. The van der Waals surface area contributed by atoms with Crippen LogP contribution in [-0.4, -0.2) is 42.3 Å². The predicted molar refractivity (Wildman–Crippen MR) is 85.1 cm³/mol. The fraction of sp³-hybridized carbons (Fsp3) is 0.333. The number of aliphatic hydroxyl groups is 1. The first kappa shape index (κ1) is 16.1. The third kappa shape index (κ3) is 3.75. The van der Waals surface area contributed by atoms with Gasteiger partial charge in [0.25, 0.3) is 0 Å². The van der Waals surface area contributed by atoms with Crippen LogP contribution < -0.4 is 5.32 Å². The van der Waals surface area contributed by atoms with Crippen molar-refractivity contribution in [2.45, 2.75) is 12.1 Å². The molecule has 3 nitrogen and oxygen atoms in total. The molecule has 0 amide bonds. The van der Waals surface area contributed by atoms with Gasteiger partial charge in [0.1, 0.15) is 11.6 Å². The van der Waals surface area contributed by atoms with Gasteiger partial charge in [-0.25, -0.2) is 8.78 Å². The van der Waals surface area contributed by atoms with Gasteiger partial charge in [-0.15, -0.1) is 0 Å². The van der Waals surface area contributed by atoms with Crippen molar-refractivity contribution in [3.63, 3.8) is 0 Å². The van der Waals surface area contributed by atoms with Gasteiger partial charge in [-0.2, -0.15) is 0 Å². The number of halogens is 2. The third-order valence-electron chi connectivity index (χ3n) is 4.24. The number of nitrogens with one attached hydrogen (secondary N) is 1. The van der Waals surface area contributed by atoms with E-state index in [-0.39, 0.29) is 30.3 Å². The number of benzene rings is 2. The summed E-state index contributed by atoms with van der Waals surface area (Å²) in [5, 5.41) is 12.7. The first-order valence-electron chi connectivity index (χ1n) is 7.76. The van der Waals surface area contributed by atoms with E-state index in [1.165, 1.54) is 24.3 Å². The zero-order valence-corrected chi connectivity index (χ0v) is 12.8. The van der Waals surface area contributed by atoms with E-state index in [9.17, 15) is 13.9 Å². The van der Waals surface area contributed by atoms with Gasteiger partial charge in [-0.05, 0) is 35.4 Å². The van der Waals surface area contributed by atoms with E-state index >= 15 is 0 Å². The highest BCUT2D eigenvalue weighted by Gasteiger charge is 2.27. The highest BCUT2D eigenvalue weighted by Crippen LogP contribution is 2.29. The Hall–Kier alpha value is -1.82. The molecular weight excluding hydrogens is 298 g/mol. The summed E-state index contributed by atoms with van der Waals surface area (Å²) in [5.41, 5.74) is 1.91. The predicted octanol–water partition coefficient (Wildman–Crippen LogP) is 2.32. The number of nitrogens with zero attached hydrogens (tertiary/aromatic N) is 1. The molecule has 0 aromatic heterocycles. The summed E-state index contributed by atoms with van der Waals surface area (Å²) in [7, 11) is 0. The van der Waals surface area contributed by atoms with Crippen molar-refractivity contribution in [2.75, 3.05) is 26.2 Å². The van der Waals surface area contributed by atoms with Gasteiger partial charge >= 0.3 is 0 Å². The molecule has 122 valence electrons. The molecule has 2 N–H and O–H groups in total. The molecule has 2 aromatic rings. The normalized spacial score (nSPS) is 19.2. The van der Waals surface area contributed by atoms with Crippen molar-refractivity contribution in [3.05, 3.63) is 71.3 Å². The van der Waals surface area contributed by atoms with E-state index in [2.05, 4.69) is 10.2 Å². The molecule has 0 bridgehead atoms. The Kier molecular flexibility index (Phi) is 5.00. The van der Waals surface area contributed by atoms with Crippen LogP contribution in [0.5, 0.6) is 0 Å². The molecule has 1 atom stereocenters. The smallest absolute Gasteiger partial charge is 0.123 e. The maximum Gasteiger partial charge on any atom is 0.123 e. The van der Waals surface area contributed by atoms with Crippen LogP contribution in [0.2, 0.25) is 0 Å². The van der Waals surface area contributed by atoms with E-state index in [0.29, 0.717) is 6.54 Å². The van der Waals surface area contributed by atoms with E-state index < -0.39 is 0 Å². The molecule has 1 aliphatic heterocycles. The molecule has 1 fully saturated rings. The summed E-state index contributed by atoms with van der Waals surface area (Å²) in [6.07, 6.45) is 0. The molecule has 0 aliphatic carbocycles. The Morgan fingerprint density at radius 3 is 2.00 bits per heavy atom. The highest BCUT2D eigenvalue weighted by molar-refractivity contribution is 5.32. The van der Waals surface area contributed by atoms with Crippen molar-refractivity contribution >= 4 is 0 Å². The summed E-state index contributed by atoms with van der Waals surface area (Å²) in [4.78, 5) is 2.23. The van der Waals surface area contributed by atoms with Crippen LogP contribution in [0.4, 0.5) is 8.78 Å². The lowest BCUT2D eigenvalue weighted by molar-refractivity contribution is 0.126. The van der Waals surface area contributed by atoms with Crippen LogP contribution >= 0.6 is 0 Å². The Morgan fingerprint density at radius 1 is 1.00 bits per heavy atom. The number of hydrogen-bond acceptors (Lipinski definition) is 3. The minimum absolute atomic E-state index is 0.00662. The van der Waals surface area contributed by atoms with Crippen LogP contribution in [0.15, 0.2) is 48.5 Å². The topological polar surface area (TPSA) is 35.5 Å². The molecule has 5 heteroatoms. The minimum Gasteiger partial charge on any atom is -0.395 e. The molecule has 23 heavy (non-hydrogen) atoms. The maximum absolute atomic E-state index is 13.3. The molecule has 0 spiro atoms. The zero-order valence-electron chi connectivity index (χ0n) is 12.8. The van der Waals surface area contributed by atoms with E-state index in [4.69, 9.17) is 0 Å². The van der Waals surface area contributed by atoms with Crippen LogP contribution in [0.1, 0.15) is 17.2 Å². The average molecular weight is 318 g/mol. The van der Waals surface area contributed by atoms with Gasteiger partial charge < -0.3 is 10.4 Å². The second-order valence-electron chi connectivity index (χ2n) is 5.83. The Morgan fingerprint density at radius 2 is 1.52 bits per heavy atom. The van der Waals surface area contributed by atoms with Crippen LogP contribution in [-0.2, 0) is 0 Å². The molecule has 1 unspecified atom stereocenters. The summed E-state index contributed by atoms with van der Waals surface area (Å²) in [6.45, 7) is 2.31. The second-order valence-corrected chi connectivity index (χ2v) is 5.83. The molecule has 1 saturated heterocycles. The monoisotopic (exact) mass is 318 g/mol. The summed E-state index contributed by atoms with van der Waals surface area (Å²) in [5.74, 6) is -0.555. The first-order valence-corrected chi connectivity index (χ1v) is 7.76. The largest absolute Gasteiger partial charge is 0.395 e. The number of rotatable bonds is 4. The average Bonchev–Trinajstić information content (AvgIpc) is 2.59. The van der Waals surface area contributed by atoms with Crippen molar-refractivity contribution < 1.29 is 13.9 Å². The zero-order chi connectivity index (χ0) is 16.2. The fourth-order valence-corrected chi connectivity index (χ4v) is 3.11. The number of piperazine rings is 1. The van der Waals surface area contributed by atoms with Gasteiger partial charge in [0.15, 0.2) is 0 Å². The fourth-order valence-electron chi connectivity index (χ4n) is 3.11. The van der Waals surface area contributed by atoms with Crippen molar-refractivity contribution in [2.24, 2.45) is 0 Å². The lowest BCUT2D eigenvalue weighted by Gasteiger charge is -2.39. The molecule has 1 heterocycles. The SMILES string of the molecule is OCC1CN(C(c2ccc(F)cc2)c2ccc(F)cc2)CCN1. The Balaban J connectivity index is 1.95. The van der Waals surface area contributed by atoms with Gasteiger partial charge in [-0.3, -0.25) is 4.90 Å². The third-order valence-corrected chi connectivity index (χ3v) is 4.24. The minimum atomic E-state index is -0.278. The van der Waals surface area contributed by atoms with Gasteiger partial charge in [0.05, 0.1) is 12.6 Å². The van der Waals surface area contributed by atoms with E-state index in [1.807, 2.05) is 0 Å². The molecular formula is C18H20F2N2O. The number of aliphatic hydroxyl groups excluding tert-OH is 1. The second kappa shape index (κ2) is 7.17. The van der Waals surface area contributed by atoms with Crippen molar-refractivity contribution in [1.82, 2.24) is 10.2 Å². The standard InChI is InChI=1S/C18H20F2N2O/c19-15-5-1-13(2-6-15)18(14-3-7-16(20)8-4-14)22-10-9-21-17(11-22)12-23/h1-8,17-18,21,23H,9-12H2. The summed E-state index contributed by atoms with van der Waals surface area (Å²) < 4.78 is 26.5. The van der Waals surface area contributed by atoms with Crippen molar-refractivity contribution in [3.8, 4) is 0 Å². The number of hydrogen-bond donors (Lipinski definition) is 2. The summed E-state index contributed by atoms with van der Waals surface area (Å²) in [6, 6.07) is 12.7. The molecule has 1 aliphatic rings. The van der Waals surface area contributed by atoms with Gasteiger partial charge in [0.2, 0.25) is 0 Å². The molecule has 3 rings (SSSR count). The Bertz CT molecular complexity index is 585. The quantitative estimate of drug-likeness (QED) is 0.908.